The van der Waals surface area contributed by atoms with Crippen LogP contribution in [0, 0.1) is 0 Å². The van der Waals surface area contributed by atoms with Gasteiger partial charge in [0.1, 0.15) is 0 Å². The molecule has 0 spiro atoms. The van der Waals surface area contributed by atoms with E-state index >= 15 is 0 Å². The van der Waals surface area contributed by atoms with Crippen LogP contribution >= 0.6 is 11.8 Å². The Morgan fingerprint density at radius 3 is 2.46 bits per heavy atom. The number of amidine groups is 1. The van der Waals surface area contributed by atoms with Gasteiger partial charge in [0.2, 0.25) is 0 Å². The van der Waals surface area contributed by atoms with E-state index in [1.54, 1.807) is 11.8 Å². The maximum absolute atomic E-state index is 12.8. The molecule has 0 radical (unpaired) electrons. The zero-order valence-electron chi connectivity index (χ0n) is 15.3. The van der Waals surface area contributed by atoms with Crippen molar-refractivity contribution in [2.24, 2.45) is 4.99 Å². The van der Waals surface area contributed by atoms with Crippen LogP contribution in [0.3, 0.4) is 0 Å². The van der Waals surface area contributed by atoms with E-state index in [0.29, 0.717) is 0 Å². The molecule has 0 aliphatic carbocycles. The van der Waals surface area contributed by atoms with Gasteiger partial charge in [0.05, 0.1) is 23.2 Å². The number of thioether (sulfide) groups is 1. The van der Waals surface area contributed by atoms with Gasteiger partial charge >= 0.3 is 0 Å². The molecular formula is C22H20N2O2S2. The summed E-state index contributed by atoms with van der Waals surface area (Å²) in [5.41, 5.74) is 4.70. The lowest BCUT2D eigenvalue weighted by molar-refractivity contribution is 0.377. The van der Waals surface area contributed by atoms with Crippen LogP contribution in [0.5, 0.6) is 0 Å². The number of benzene rings is 2. The van der Waals surface area contributed by atoms with Gasteiger partial charge in [-0.2, -0.15) is 0 Å². The minimum atomic E-state index is -3.22. The summed E-state index contributed by atoms with van der Waals surface area (Å²) >= 11 is 1.75. The molecule has 3 heterocycles. The highest BCUT2D eigenvalue weighted by Gasteiger charge is 2.41. The molecular weight excluding hydrogens is 388 g/mol. The monoisotopic (exact) mass is 408 g/mol. The number of hydrogen-bond donors (Lipinski definition) is 0. The molecule has 5 rings (SSSR count). The Balaban J connectivity index is 1.71. The van der Waals surface area contributed by atoms with Crippen LogP contribution in [-0.2, 0) is 9.84 Å². The van der Waals surface area contributed by atoms with Crippen LogP contribution in [0.2, 0.25) is 0 Å². The van der Waals surface area contributed by atoms with E-state index in [9.17, 15) is 8.42 Å². The summed E-state index contributed by atoms with van der Waals surface area (Å²) in [6.07, 6.45) is 1.98. The molecule has 28 heavy (non-hydrogen) atoms. The molecule has 6 heteroatoms. The van der Waals surface area contributed by atoms with Crippen molar-refractivity contribution in [3.8, 4) is 0 Å². The minimum Gasteiger partial charge on any atom is -0.339 e. The smallest absolute Gasteiger partial charge is 0.165 e. The van der Waals surface area contributed by atoms with Crippen molar-refractivity contribution < 1.29 is 8.42 Å². The van der Waals surface area contributed by atoms with Crippen LogP contribution in [0.1, 0.15) is 17.2 Å². The summed E-state index contributed by atoms with van der Waals surface area (Å²) in [4.78, 5) is 7.20. The lowest BCUT2D eigenvalue weighted by Gasteiger charge is -2.38. The Kier molecular flexibility index (Phi) is 4.40. The van der Waals surface area contributed by atoms with E-state index < -0.39 is 9.84 Å². The average Bonchev–Trinajstić information content (AvgIpc) is 3.15. The number of nitrogens with zero attached hydrogens (tertiary/aromatic N) is 2. The lowest BCUT2D eigenvalue weighted by atomic mass is 9.92. The molecule has 2 aromatic rings. The van der Waals surface area contributed by atoms with Gasteiger partial charge in [-0.3, -0.25) is 0 Å². The number of fused-ring (bicyclic) bond motifs is 1. The van der Waals surface area contributed by atoms with Crippen molar-refractivity contribution in [2.45, 2.75) is 6.04 Å². The van der Waals surface area contributed by atoms with E-state index in [1.807, 2.05) is 54.6 Å². The molecule has 1 atom stereocenters. The number of rotatable bonds is 2. The zero-order valence-corrected chi connectivity index (χ0v) is 16.9. The van der Waals surface area contributed by atoms with Gasteiger partial charge in [0, 0.05) is 12.3 Å². The number of hydrogen-bond acceptors (Lipinski definition) is 5. The summed E-state index contributed by atoms with van der Waals surface area (Å²) in [7, 11) is -3.22. The summed E-state index contributed by atoms with van der Waals surface area (Å²) in [5, 5.41) is 1.01. The fraction of sp³-hybridized carbons (Fsp3) is 0.227. The molecule has 2 aromatic carbocycles. The Labute approximate surface area is 169 Å². The third-order valence-electron chi connectivity index (χ3n) is 5.27. The van der Waals surface area contributed by atoms with Crippen LogP contribution in [0.15, 0.2) is 82.5 Å². The van der Waals surface area contributed by atoms with Gasteiger partial charge in [-0.15, -0.1) is 0 Å². The molecule has 1 unspecified atom stereocenters. The normalized spacial score (nSPS) is 24.7. The SMILES string of the molecule is O=S1(=O)CC2=C(N=C3SCCN3C2c2ccccc2)/C(=C\c2ccccc2)C1. The fourth-order valence-corrected chi connectivity index (χ4v) is 6.68. The summed E-state index contributed by atoms with van der Waals surface area (Å²) in [6, 6.07) is 20.0. The van der Waals surface area contributed by atoms with Gasteiger partial charge in [0.25, 0.3) is 0 Å². The number of allylic oxidation sites excluding steroid dienone is 1. The predicted octanol–water partition coefficient (Wildman–Crippen LogP) is 3.91. The van der Waals surface area contributed by atoms with E-state index in [-0.39, 0.29) is 17.5 Å². The molecule has 0 bridgehead atoms. The van der Waals surface area contributed by atoms with Gasteiger partial charge in [-0.1, -0.05) is 72.4 Å². The van der Waals surface area contributed by atoms with Gasteiger partial charge in [-0.05, 0) is 28.3 Å². The summed E-state index contributed by atoms with van der Waals surface area (Å²) in [5.74, 6) is 1.10. The highest BCUT2D eigenvalue weighted by Crippen LogP contribution is 2.44. The minimum absolute atomic E-state index is 0.0453. The third kappa shape index (κ3) is 3.20. The predicted molar refractivity (Wildman–Crippen MR) is 116 cm³/mol. The molecule has 3 aliphatic heterocycles. The molecule has 0 N–H and O–H groups in total. The standard InChI is InChI=1S/C22H20N2O2S2/c25-28(26)14-18(13-16-7-3-1-4-8-16)20-19(15-28)21(17-9-5-2-6-10-17)24-11-12-27-22(24)23-20/h1-10,13,21H,11-12,14-15H2/b18-13-. The quantitative estimate of drug-likeness (QED) is 0.756. The van der Waals surface area contributed by atoms with Crippen molar-refractivity contribution in [2.75, 3.05) is 23.8 Å². The van der Waals surface area contributed by atoms with Crippen LogP contribution in [-0.4, -0.2) is 42.3 Å². The topological polar surface area (TPSA) is 49.7 Å². The van der Waals surface area contributed by atoms with Crippen LogP contribution in [0.25, 0.3) is 6.08 Å². The second-order valence-corrected chi connectivity index (χ2v) is 10.4. The summed E-state index contributed by atoms with van der Waals surface area (Å²) < 4.78 is 25.7. The Hall–Kier alpha value is -2.31. The Morgan fingerprint density at radius 2 is 1.71 bits per heavy atom. The molecule has 0 amide bonds. The van der Waals surface area contributed by atoms with E-state index in [2.05, 4.69) is 17.0 Å². The zero-order chi connectivity index (χ0) is 19.1. The number of sulfone groups is 1. The van der Waals surface area contributed by atoms with Crippen molar-refractivity contribution >= 4 is 32.8 Å². The molecule has 3 aliphatic rings. The maximum atomic E-state index is 12.8. The molecule has 1 fully saturated rings. The first-order valence-corrected chi connectivity index (χ1v) is 12.1. The molecule has 142 valence electrons. The van der Waals surface area contributed by atoms with Crippen molar-refractivity contribution in [1.82, 2.24) is 4.90 Å². The largest absolute Gasteiger partial charge is 0.339 e. The maximum Gasteiger partial charge on any atom is 0.165 e. The lowest BCUT2D eigenvalue weighted by Crippen LogP contribution is -2.38. The van der Waals surface area contributed by atoms with Crippen molar-refractivity contribution in [3.63, 3.8) is 0 Å². The van der Waals surface area contributed by atoms with Gasteiger partial charge in [0.15, 0.2) is 15.0 Å². The second kappa shape index (κ2) is 6.94. The first-order valence-electron chi connectivity index (χ1n) is 9.33. The third-order valence-corrected chi connectivity index (χ3v) is 7.75. The van der Waals surface area contributed by atoms with E-state index in [1.165, 1.54) is 0 Å². The Morgan fingerprint density at radius 1 is 1.00 bits per heavy atom. The molecule has 0 saturated carbocycles. The summed E-state index contributed by atoms with van der Waals surface area (Å²) in [6.45, 7) is 0.887. The fourth-order valence-electron chi connectivity index (χ4n) is 4.13. The van der Waals surface area contributed by atoms with Gasteiger partial charge in [-0.25, -0.2) is 13.4 Å². The average molecular weight is 409 g/mol. The Bertz CT molecular complexity index is 1100. The van der Waals surface area contributed by atoms with E-state index in [4.69, 9.17) is 4.99 Å². The second-order valence-electron chi connectivity index (χ2n) is 7.24. The highest BCUT2D eigenvalue weighted by atomic mass is 32.2. The highest BCUT2D eigenvalue weighted by molar-refractivity contribution is 8.14. The van der Waals surface area contributed by atoms with E-state index in [0.717, 1.165) is 45.4 Å². The molecule has 1 saturated heterocycles. The van der Waals surface area contributed by atoms with Crippen LogP contribution < -0.4 is 0 Å². The van der Waals surface area contributed by atoms with Crippen LogP contribution in [0.4, 0.5) is 0 Å². The van der Waals surface area contributed by atoms with Crippen molar-refractivity contribution in [1.29, 1.82) is 0 Å². The molecule has 0 aromatic heterocycles. The first-order chi connectivity index (χ1) is 13.6. The van der Waals surface area contributed by atoms with Gasteiger partial charge < -0.3 is 4.90 Å². The molecule has 4 nitrogen and oxygen atoms in total. The number of aliphatic imine (C=N–C) groups is 1. The van der Waals surface area contributed by atoms with Crippen molar-refractivity contribution in [3.05, 3.63) is 88.6 Å². The first kappa shape index (κ1) is 17.8.